The van der Waals surface area contributed by atoms with Gasteiger partial charge < -0.3 is 14.7 Å². The highest BCUT2D eigenvalue weighted by Crippen LogP contribution is 2.47. The van der Waals surface area contributed by atoms with E-state index in [1.165, 1.54) is 55.6 Å². The van der Waals surface area contributed by atoms with Crippen LogP contribution in [0.2, 0.25) is 0 Å². The van der Waals surface area contributed by atoms with E-state index >= 15 is 0 Å². The molecule has 11 rings (SSSR count). The van der Waals surface area contributed by atoms with E-state index in [0.717, 1.165) is 62.3 Å². The number of rotatable bonds is 13. The van der Waals surface area contributed by atoms with Crippen LogP contribution in [0.25, 0.3) is 44.5 Å². The molecule has 0 atom stereocenters. The van der Waals surface area contributed by atoms with Crippen LogP contribution < -0.4 is 14.7 Å². The van der Waals surface area contributed by atoms with E-state index in [1.807, 2.05) is 0 Å². The molecule has 0 heterocycles. The second kappa shape index (κ2) is 20.7. The third-order valence-corrected chi connectivity index (χ3v) is 13.8. The van der Waals surface area contributed by atoms with Gasteiger partial charge in [0.2, 0.25) is 0 Å². The SMILES string of the molecule is Cc1ccc(N(c2ccc(-c3ccc(-c4ccccc4)cc3)cc2)c2cc(N(c3ccccc3)c3ccccc3)cc(N(c3ccc(-c4ccc(-c5ccccc5)cc4)cc3)c3ccc(C)cc3C)c2)c(C)c1. The summed E-state index contributed by atoms with van der Waals surface area (Å²) in [5.74, 6) is 0. The minimum atomic E-state index is 1.03. The summed E-state index contributed by atoms with van der Waals surface area (Å²) >= 11 is 0. The van der Waals surface area contributed by atoms with Crippen LogP contribution in [0, 0.1) is 27.7 Å². The topological polar surface area (TPSA) is 9.72 Å². The Labute approximate surface area is 431 Å². The minimum absolute atomic E-state index is 1.03. The molecule has 0 saturated carbocycles. The molecule has 0 bridgehead atoms. The van der Waals surface area contributed by atoms with Crippen molar-refractivity contribution >= 4 is 51.2 Å². The highest BCUT2D eigenvalue weighted by Gasteiger charge is 2.24. The Morgan fingerprint density at radius 3 is 0.740 bits per heavy atom. The van der Waals surface area contributed by atoms with E-state index in [9.17, 15) is 0 Å². The number of para-hydroxylation sites is 2. The molecular formula is C70H57N3. The van der Waals surface area contributed by atoms with Crippen molar-refractivity contribution < 1.29 is 0 Å². The van der Waals surface area contributed by atoms with E-state index < -0.39 is 0 Å². The lowest BCUT2D eigenvalue weighted by Gasteiger charge is -2.34. The number of anilines is 9. The fraction of sp³-hybridized carbons (Fsp3) is 0.0571. The van der Waals surface area contributed by atoms with Crippen LogP contribution in [0.15, 0.2) is 273 Å². The maximum atomic E-state index is 2.43. The van der Waals surface area contributed by atoms with Gasteiger partial charge in [0.25, 0.3) is 0 Å². The van der Waals surface area contributed by atoms with Crippen LogP contribution in [0.5, 0.6) is 0 Å². The summed E-state index contributed by atoms with van der Waals surface area (Å²) < 4.78 is 0. The first-order chi connectivity index (χ1) is 35.8. The monoisotopic (exact) mass is 939 g/mol. The average molecular weight is 940 g/mol. The van der Waals surface area contributed by atoms with Gasteiger partial charge in [-0.2, -0.15) is 0 Å². The summed E-state index contributed by atoms with van der Waals surface area (Å²) in [6.07, 6.45) is 0. The molecule has 0 aliphatic heterocycles. The fourth-order valence-corrected chi connectivity index (χ4v) is 10.1. The number of aryl methyl sites for hydroxylation is 4. The van der Waals surface area contributed by atoms with Gasteiger partial charge in [-0.15, -0.1) is 0 Å². The highest BCUT2D eigenvalue weighted by molar-refractivity contribution is 5.91. The molecule has 3 nitrogen and oxygen atoms in total. The largest absolute Gasteiger partial charge is 0.310 e. The van der Waals surface area contributed by atoms with Gasteiger partial charge in [0.1, 0.15) is 0 Å². The number of benzene rings is 11. The van der Waals surface area contributed by atoms with Crippen molar-refractivity contribution in [2.24, 2.45) is 0 Å². The van der Waals surface area contributed by atoms with E-state index in [2.05, 4.69) is 315 Å². The van der Waals surface area contributed by atoms with Crippen molar-refractivity contribution in [1.29, 1.82) is 0 Å². The normalized spacial score (nSPS) is 11.0. The summed E-state index contributed by atoms with van der Waals surface area (Å²) in [6.45, 7) is 8.79. The first-order valence-corrected chi connectivity index (χ1v) is 25.1. The molecule has 0 aliphatic rings. The van der Waals surface area contributed by atoms with Crippen molar-refractivity contribution in [3.8, 4) is 44.5 Å². The standard InChI is InChI=1S/C70H57N3/c1-50-25-43-69(52(3)45-50)72(64-39-35-60(36-40-64)58-31-27-56(28-32-58)54-17-9-5-10-18-54)67-47-66(71(62-21-13-7-14-22-62)63-23-15-8-16-24-63)48-68(49-67)73(70-44-26-51(2)46-53(70)4)65-41-37-61(38-42-65)59-33-29-57(30-34-59)55-19-11-6-12-20-55/h5-49H,1-4H3. The maximum Gasteiger partial charge on any atom is 0.0503 e. The molecule has 0 saturated heterocycles. The number of nitrogens with zero attached hydrogens (tertiary/aromatic N) is 3. The van der Waals surface area contributed by atoms with Crippen LogP contribution >= 0.6 is 0 Å². The van der Waals surface area contributed by atoms with E-state index in [4.69, 9.17) is 0 Å². The first-order valence-electron chi connectivity index (χ1n) is 25.1. The van der Waals surface area contributed by atoms with E-state index in [-0.39, 0.29) is 0 Å². The Balaban J connectivity index is 1.09. The summed E-state index contributed by atoms with van der Waals surface area (Å²) in [4.78, 5) is 7.24. The molecule has 0 aromatic heterocycles. The molecular weight excluding hydrogens is 883 g/mol. The van der Waals surface area contributed by atoms with Gasteiger partial charge in [-0.25, -0.2) is 0 Å². The van der Waals surface area contributed by atoms with Gasteiger partial charge in [-0.1, -0.05) is 205 Å². The molecule has 11 aromatic rings. The zero-order valence-electron chi connectivity index (χ0n) is 41.8. The maximum absolute atomic E-state index is 2.43. The van der Waals surface area contributed by atoms with Crippen molar-refractivity contribution in [3.05, 3.63) is 295 Å². The Morgan fingerprint density at radius 1 is 0.192 bits per heavy atom. The van der Waals surface area contributed by atoms with Crippen LogP contribution in [0.1, 0.15) is 22.3 Å². The lowest BCUT2D eigenvalue weighted by molar-refractivity contribution is 1.20. The fourth-order valence-electron chi connectivity index (χ4n) is 10.1. The van der Waals surface area contributed by atoms with Crippen LogP contribution in [0.3, 0.4) is 0 Å². The van der Waals surface area contributed by atoms with Gasteiger partial charge in [0, 0.05) is 34.1 Å². The zero-order valence-corrected chi connectivity index (χ0v) is 41.8. The van der Waals surface area contributed by atoms with Gasteiger partial charge in [0.15, 0.2) is 0 Å². The lowest BCUT2D eigenvalue weighted by Crippen LogP contribution is -2.17. The molecule has 11 aromatic carbocycles. The Kier molecular flexibility index (Phi) is 13.1. The van der Waals surface area contributed by atoms with Crippen molar-refractivity contribution in [2.75, 3.05) is 14.7 Å². The molecule has 0 N–H and O–H groups in total. The predicted octanol–water partition coefficient (Wildman–Crippen LogP) is 20.0. The van der Waals surface area contributed by atoms with Gasteiger partial charge in [-0.3, -0.25) is 0 Å². The van der Waals surface area contributed by atoms with Gasteiger partial charge in [0.05, 0.1) is 17.1 Å². The Morgan fingerprint density at radius 2 is 0.438 bits per heavy atom. The summed E-state index contributed by atoms with van der Waals surface area (Å²) in [5.41, 5.74) is 23.9. The van der Waals surface area contributed by atoms with Crippen molar-refractivity contribution in [1.82, 2.24) is 0 Å². The van der Waals surface area contributed by atoms with Crippen LogP contribution in [-0.2, 0) is 0 Å². The first kappa shape index (κ1) is 46.2. The third-order valence-electron chi connectivity index (χ3n) is 13.8. The Bertz CT molecular complexity index is 3370. The van der Waals surface area contributed by atoms with Gasteiger partial charge >= 0.3 is 0 Å². The zero-order chi connectivity index (χ0) is 49.7. The molecule has 352 valence electrons. The van der Waals surface area contributed by atoms with Crippen LogP contribution in [-0.4, -0.2) is 0 Å². The number of hydrogen-bond donors (Lipinski definition) is 0. The molecule has 0 radical (unpaired) electrons. The van der Waals surface area contributed by atoms with Gasteiger partial charge in [-0.05, 0) is 162 Å². The summed E-state index contributed by atoms with van der Waals surface area (Å²) in [5, 5.41) is 0. The summed E-state index contributed by atoms with van der Waals surface area (Å²) in [7, 11) is 0. The molecule has 73 heavy (non-hydrogen) atoms. The summed E-state index contributed by atoms with van der Waals surface area (Å²) in [6, 6.07) is 99.1. The molecule has 0 amide bonds. The van der Waals surface area contributed by atoms with Crippen molar-refractivity contribution in [2.45, 2.75) is 27.7 Å². The number of hydrogen-bond acceptors (Lipinski definition) is 3. The van der Waals surface area contributed by atoms with Crippen LogP contribution in [0.4, 0.5) is 51.2 Å². The molecule has 0 fully saturated rings. The second-order valence-electron chi connectivity index (χ2n) is 18.9. The molecule has 0 spiro atoms. The average Bonchev–Trinajstić information content (AvgIpc) is 3.44. The molecule has 0 unspecified atom stereocenters. The lowest BCUT2D eigenvalue weighted by atomic mass is 9.99. The second-order valence-corrected chi connectivity index (χ2v) is 18.9. The third kappa shape index (κ3) is 9.95. The highest BCUT2D eigenvalue weighted by atomic mass is 15.2. The predicted molar refractivity (Wildman–Crippen MR) is 311 cm³/mol. The van der Waals surface area contributed by atoms with E-state index in [1.54, 1.807) is 0 Å². The quantitative estimate of drug-likeness (QED) is 0.114. The van der Waals surface area contributed by atoms with Crippen molar-refractivity contribution in [3.63, 3.8) is 0 Å². The molecule has 3 heteroatoms. The smallest absolute Gasteiger partial charge is 0.0503 e. The van der Waals surface area contributed by atoms with E-state index in [0.29, 0.717) is 0 Å². The molecule has 0 aliphatic carbocycles. The minimum Gasteiger partial charge on any atom is -0.310 e. The Hall–Kier alpha value is -9.18.